The zero-order chi connectivity index (χ0) is 17.9. The number of H-pyrrole nitrogens is 1. The molecule has 0 spiro atoms. The Balaban J connectivity index is 1.62. The van der Waals surface area contributed by atoms with Gasteiger partial charge in [-0.1, -0.05) is 54.6 Å². The zero-order valence-corrected chi connectivity index (χ0v) is 12.8. The van der Waals surface area contributed by atoms with E-state index in [1.807, 2.05) is 42.5 Å². The van der Waals surface area contributed by atoms with Crippen LogP contribution in [0.25, 0.3) is 11.1 Å². The molecule has 0 saturated heterocycles. The minimum atomic E-state index is -4.64. The van der Waals surface area contributed by atoms with Gasteiger partial charge in [-0.15, -0.1) is 5.10 Å². The maximum absolute atomic E-state index is 12.4. The van der Waals surface area contributed by atoms with Crippen LogP contribution in [0.1, 0.15) is 11.4 Å². The van der Waals surface area contributed by atoms with Gasteiger partial charge in [-0.3, -0.25) is 15.2 Å². The summed E-state index contributed by atoms with van der Waals surface area (Å²) in [7, 11) is 0. The molecule has 2 N–H and O–H groups in total. The van der Waals surface area contributed by atoms with Crippen LogP contribution in [0.2, 0.25) is 0 Å². The number of aromatic amines is 1. The third-order valence-electron chi connectivity index (χ3n) is 3.43. The average Bonchev–Trinajstić information content (AvgIpc) is 3.05. The Morgan fingerprint density at radius 3 is 2.24 bits per heavy atom. The number of carbonyl (C=O) groups is 1. The summed E-state index contributed by atoms with van der Waals surface area (Å²) in [5, 5.41) is 7.31. The number of anilines is 1. The van der Waals surface area contributed by atoms with Gasteiger partial charge in [0.15, 0.2) is 0 Å². The van der Waals surface area contributed by atoms with Crippen molar-refractivity contribution in [3.05, 3.63) is 66.0 Å². The van der Waals surface area contributed by atoms with Gasteiger partial charge in [0, 0.05) is 0 Å². The lowest BCUT2D eigenvalue weighted by molar-refractivity contribution is -0.144. The van der Waals surface area contributed by atoms with Crippen LogP contribution in [0.3, 0.4) is 0 Å². The Kier molecular flexibility index (Phi) is 4.51. The minimum absolute atomic E-state index is 0.00492. The van der Waals surface area contributed by atoms with E-state index >= 15 is 0 Å². The van der Waals surface area contributed by atoms with E-state index in [2.05, 4.69) is 15.4 Å². The second kappa shape index (κ2) is 6.76. The van der Waals surface area contributed by atoms with Crippen LogP contribution in [-0.4, -0.2) is 21.1 Å². The molecule has 1 aromatic heterocycles. The summed E-state index contributed by atoms with van der Waals surface area (Å²) < 4.78 is 37.3. The predicted molar refractivity (Wildman–Crippen MR) is 85.6 cm³/mol. The first-order valence-corrected chi connectivity index (χ1v) is 7.35. The van der Waals surface area contributed by atoms with Gasteiger partial charge in [0.2, 0.25) is 17.7 Å². The molecule has 0 saturated carbocycles. The number of nitrogens with zero attached hydrogens (tertiary/aromatic N) is 2. The number of hydrogen-bond acceptors (Lipinski definition) is 3. The zero-order valence-electron chi connectivity index (χ0n) is 12.8. The van der Waals surface area contributed by atoms with Crippen molar-refractivity contribution in [1.82, 2.24) is 15.2 Å². The number of amides is 1. The third-order valence-corrected chi connectivity index (χ3v) is 3.43. The molecule has 3 rings (SSSR count). The number of nitrogens with one attached hydrogen (secondary N) is 2. The molecule has 2 aromatic carbocycles. The molecule has 1 amide bonds. The Labute approximate surface area is 140 Å². The van der Waals surface area contributed by atoms with Crippen molar-refractivity contribution in [3.8, 4) is 11.1 Å². The highest BCUT2D eigenvalue weighted by molar-refractivity contribution is 5.90. The summed E-state index contributed by atoms with van der Waals surface area (Å²) in [4.78, 5) is 15.1. The first-order chi connectivity index (χ1) is 11.9. The van der Waals surface area contributed by atoms with E-state index in [0.717, 1.165) is 16.7 Å². The van der Waals surface area contributed by atoms with Crippen LogP contribution in [0.4, 0.5) is 19.1 Å². The van der Waals surface area contributed by atoms with E-state index < -0.39 is 23.9 Å². The monoisotopic (exact) mass is 346 g/mol. The highest BCUT2D eigenvalue weighted by Crippen LogP contribution is 2.26. The lowest BCUT2D eigenvalue weighted by atomic mass is 10.0. The van der Waals surface area contributed by atoms with E-state index in [0.29, 0.717) is 0 Å². The van der Waals surface area contributed by atoms with Gasteiger partial charge < -0.3 is 0 Å². The van der Waals surface area contributed by atoms with Crippen LogP contribution >= 0.6 is 0 Å². The molecule has 0 unspecified atom stereocenters. The standard InChI is InChI=1S/C17H13F3N4O/c18-17(19,20)15-22-16(24-23-15)21-14(25)10-11-6-8-13(9-7-11)12-4-2-1-3-5-12/h1-9H,10H2,(H2,21,22,23,24,25). The van der Waals surface area contributed by atoms with E-state index in [9.17, 15) is 18.0 Å². The first-order valence-electron chi connectivity index (χ1n) is 7.35. The molecular weight excluding hydrogens is 333 g/mol. The van der Waals surface area contributed by atoms with Crippen LogP contribution < -0.4 is 5.32 Å². The van der Waals surface area contributed by atoms with Crippen molar-refractivity contribution in [2.24, 2.45) is 0 Å². The van der Waals surface area contributed by atoms with E-state index in [-0.39, 0.29) is 6.42 Å². The number of carbonyl (C=O) groups excluding carboxylic acids is 1. The summed E-state index contributed by atoms with van der Waals surface area (Å²) in [5.41, 5.74) is 2.79. The summed E-state index contributed by atoms with van der Waals surface area (Å²) in [5.74, 6) is -2.16. The van der Waals surface area contributed by atoms with Gasteiger partial charge in [-0.25, -0.2) is 0 Å². The third kappa shape index (κ3) is 4.23. The number of rotatable bonds is 4. The Hall–Kier alpha value is -3.16. The van der Waals surface area contributed by atoms with Crippen molar-refractivity contribution in [3.63, 3.8) is 0 Å². The van der Waals surface area contributed by atoms with Crippen LogP contribution in [0.5, 0.6) is 0 Å². The lowest BCUT2D eigenvalue weighted by Crippen LogP contribution is -2.15. The second-order valence-corrected chi connectivity index (χ2v) is 5.29. The normalized spacial score (nSPS) is 11.3. The molecule has 1 heterocycles. The number of alkyl halides is 3. The Morgan fingerprint density at radius 1 is 1.00 bits per heavy atom. The molecule has 0 fully saturated rings. The molecule has 3 aromatic rings. The number of benzene rings is 2. The van der Waals surface area contributed by atoms with Crippen molar-refractivity contribution >= 4 is 11.9 Å². The molecule has 0 radical (unpaired) electrons. The quantitative estimate of drug-likeness (QED) is 0.757. The number of hydrogen-bond donors (Lipinski definition) is 2. The number of halogens is 3. The minimum Gasteiger partial charge on any atom is -0.293 e. The molecule has 5 nitrogen and oxygen atoms in total. The van der Waals surface area contributed by atoms with Crippen LogP contribution in [0.15, 0.2) is 54.6 Å². The predicted octanol–water partition coefficient (Wildman–Crippen LogP) is 3.67. The highest BCUT2D eigenvalue weighted by atomic mass is 19.4. The van der Waals surface area contributed by atoms with Gasteiger partial charge in [-0.2, -0.15) is 18.2 Å². The largest absolute Gasteiger partial charge is 0.451 e. The summed E-state index contributed by atoms with van der Waals surface area (Å²) in [6.07, 6.45) is -4.63. The Bertz CT molecular complexity index is 858. The van der Waals surface area contributed by atoms with Crippen LogP contribution in [0, 0.1) is 0 Å². The molecule has 0 aliphatic carbocycles. The summed E-state index contributed by atoms with van der Waals surface area (Å²) >= 11 is 0. The molecule has 8 heteroatoms. The first kappa shape index (κ1) is 16.7. The number of aromatic nitrogens is 3. The second-order valence-electron chi connectivity index (χ2n) is 5.29. The van der Waals surface area contributed by atoms with E-state index in [4.69, 9.17) is 0 Å². The summed E-state index contributed by atoms with van der Waals surface area (Å²) in [6, 6.07) is 17.1. The fourth-order valence-corrected chi connectivity index (χ4v) is 2.24. The van der Waals surface area contributed by atoms with Crippen molar-refractivity contribution in [2.45, 2.75) is 12.6 Å². The average molecular weight is 346 g/mol. The maximum Gasteiger partial charge on any atom is 0.451 e. The van der Waals surface area contributed by atoms with Gasteiger partial charge in [0.1, 0.15) is 0 Å². The SMILES string of the molecule is O=C(Cc1ccc(-c2ccccc2)cc1)Nc1n[nH]c(C(F)(F)F)n1. The fourth-order valence-electron chi connectivity index (χ4n) is 2.24. The molecular formula is C17H13F3N4O. The Morgan fingerprint density at radius 2 is 1.64 bits per heavy atom. The molecule has 0 atom stereocenters. The highest BCUT2D eigenvalue weighted by Gasteiger charge is 2.35. The smallest absolute Gasteiger partial charge is 0.293 e. The van der Waals surface area contributed by atoms with Crippen molar-refractivity contribution in [1.29, 1.82) is 0 Å². The topological polar surface area (TPSA) is 70.7 Å². The van der Waals surface area contributed by atoms with Crippen LogP contribution in [-0.2, 0) is 17.4 Å². The maximum atomic E-state index is 12.4. The molecule has 0 aliphatic heterocycles. The van der Waals surface area contributed by atoms with Crippen molar-refractivity contribution < 1.29 is 18.0 Å². The van der Waals surface area contributed by atoms with Gasteiger partial charge in [-0.05, 0) is 16.7 Å². The lowest BCUT2D eigenvalue weighted by Gasteiger charge is -2.04. The molecule has 25 heavy (non-hydrogen) atoms. The molecule has 0 aliphatic rings. The van der Waals surface area contributed by atoms with E-state index in [1.165, 1.54) is 0 Å². The van der Waals surface area contributed by atoms with Gasteiger partial charge >= 0.3 is 6.18 Å². The van der Waals surface area contributed by atoms with Gasteiger partial charge in [0.25, 0.3) is 0 Å². The molecule has 0 bridgehead atoms. The molecule has 128 valence electrons. The van der Waals surface area contributed by atoms with E-state index in [1.54, 1.807) is 17.2 Å². The summed E-state index contributed by atoms with van der Waals surface area (Å²) in [6.45, 7) is 0. The van der Waals surface area contributed by atoms with Crippen molar-refractivity contribution in [2.75, 3.05) is 5.32 Å². The van der Waals surface area contributed by atoms with Gasteiger partial charge in [0.05, 0.1) is 6.42 Å². The fraction of sp³-hybridized carbons (Fsp3) is 0.118.